The average Bonchev–Trinajstić information content (AvgIpc) is 2.46. The molecular weight excluding hydrogens is 312 g/mol. The number of pyridine rings is 1. The van der Waals surface area contributed by atoms with Gasteiger partial charge < -0.3 is 11.1 Å². The molecule has 0 spiro atoms. The van der Waals surface area contributed by atoms with Crippen molar-refractivity contribution in [3.8, 4) is 0 Å². The zero-order valence-electron chi connectivity index (χ0n) is 10.7. The number of hydrogen-bond acceptors (Lipinski definition) is 3. The van der Waals surface area contributed by atoms with Crippen molar-refractivity contribution < 1.29 is 4.39 Å². The average molecular weight is 322 g/mol. The molecule has 0 radical (unpaired) electrons. The molecule has 0 atom stereocenters. The summed E-state index contributed by atoms with van der Waals surface area (Å²) < 4.78 is 14.3. The standard InChI is InChI=1S/C15H10Cl2FN3/c16-9-4-1-5-10(17)14(9)21-15-11(18)7-12(19)8-3-2-6-20-13(8)15/h1-7,21H,19H2. The first-order valence-corrected chi connectivity index (χ1v) is 6.87. The van der Waals surface area contributed by atoms with Crippen molar-refractivity contribution in [3.05, 3.63) is 58.5 Å². The fourth-order valence-corrected chi connectivity index (χ4v) is 2.59. The summed E-state index contributed by atoms with van der Waals surface area (Å²) >= 11 is 12.2. The zero-order chi connectivity index (χ0) is 15.0. The monoisotopic (exact) mass is 321 g/mol. The number of nitrogens with one attached hydrogen (secondary N) is 1. The molecule has 3 N–H and O–H groups in total. The summed E-state index contributed by atoms with van der Waals surface area (Å²) in [4.78, 5) is 4.19. The zero-order valence-corrected chi connectivity index (χ0v) is 12.2. The Bertz CT molecular complexity index is 816. The van der Waals surface area contributed by atoms with Crippen molar-refractivity contribution in [2.45, 2.75) is 0 Å². The second-order valence-corrected chi connectivity index (χ2v) is 5.26. The van der Waals surface area contributed by atoms with Crippen LogP contribution in [0.25, 0.3) is 10.9 Å². The molecule has 1 heterocycles. The van der Waals surface area contributed by atoms with Crippen molar-refractivity contribution >= 4 is 51.2 Å². The fraction of sp³-hybridized carbons (Fsp3) is 0. The second kappa shape index (κ2) is 5.39. The minimum absolute atomic E-state index is 0.190. The third kappa shape index (κ3) is 2.48. The molecule has 6 heteroatoms. The summed E-state index contributed by atoms with van der Waals surface area (Å²) in [6.45, 7) is 0. The first kappa shape index (κ1) is 13.9. The van der Waals surface area contributed by atoms with Gasteiger partial charge in [-0.25, -0.2) is 4.39 Å². The lowest BCUT2D eigenvalue weighted by atomic mass is 10.1. The van der Waals surface area contributed by atoms with E-state index in [0.717, 1.165) is 0 Å². The molecule has 0 saturated heterocycles. The van der Waals surface area contributed by atoms with Gasteiger partial charge in [0.15, 0.2) is 5.82 Å². The predicted octanol–water partition coefficient (Wildman–Crippen LogP) is 5.01. The predicted molar refractivity (Wildman–Crippen MR) is 85.9 cm³/mol. The number of para-hydroxylation sites is 1. The lowest BCUT2D eigenvalue weighted by molar-refractivity contribution is 0.634. The summed E-state index contributed by atoms with van der Waals surface area (Å²) in [6.07, 6.45) is 1.57. The highest BCUT2D eigenvalue weighted by Crippen LogP contribution is 2.37. The van der Waals surface area contributed by atoms with Gasteiger partial charge in [-0.3, -0.25) is 4.98 Å². The van der Waals surface area contributed by atoms with Crippen LogP contribution in [0.3, 0.4) is 0 Å². The number of nitrogen functional groups attached to an aromatic ring is 1. The Morgan fingerprint density at radius 3 is 2.48 bits per heavy atom. The molecular formula is C15H10Cl2FN3. The van der Waals surface area contributed by atoms with Crippen molar-refractivity contribution in [3.63, 3.8) is 0 Å². The Balaban J connectivity index is 2.22. The van der Waals surface area contributed by atoms with E-state index in [0.29, 0.717) is 32.3 Å². The SMILES string of the molecule is Nc1cc(F)c(Nc2c(Cl)cccc2Cl)c2ncccc12. The highest BCUT2D eigenvalue weighted by molar-refractivity contribution is 6.39. The van der Waals surface area contributed by atoms with Gasteiger partial charge in [0.1, 0.15) is 5.69 Å². The first-order valence-electron chi connectivity index (χ1n) is 6.11. The number of anilines is 3. The summed E-state index contributed by atoms with van der Waals surface area (Å²) in [6, 6.07) is 9.81. The van der Waals surface area contributed by atoms with Crippen molar-refractivity contribution in [2.24, 2.45) is 0 Å². The Kier molecular flexibility index (Phi) is 3.57. The number of nitrogens with zero attached hydrogens (tertiary/aromatic N) is 1. The molecule has 0 saturated carbocycles. The van der Waals surface area contributed by atoms with E-state index in [9.17, 15) is 4.39 Å². The van der Waals surface area contributed by atoms with E-state index >= 15 is 0 Å². The molecule has 0 aliphatic heterocycles. The number of hydrogen-bond donors (Lipinski definition) is 2. The number of fused-ring (bicyclic) bond motifs is 1. The van der Waals surface area contributed by atoms with Gasteiger partial charge in [-0.2, -0.15) is 0 Å². The van der Waals surface area contributed by atoms with Crippen LogP contribution in [0.15, 0.2) is 42.6 Å². The molecule has 1 aromatic heterocycles. The third-order valence-corrected chi connectivity index (χ3v) is 3.72. The van der Waals surface area contributed by atoms with Crippen LogP contribution >= 0.6 is 23.2 Å². The summed E-state index contributed by atoms with van der Waals surface area (Å²) in [5, 5.41) is 4.36. The van der Waals surface area contributed by atoms with Crippen molar-refractivity contribution in [1.82, 2.24) is 4.98 Å². The number of nitrogens with two attached hydrogens (primary N) is 1. The molecule has 0 unspecified atom stereocenters. The van der Waals surface area contributed by atoms with Crippen LogP contribution in [0.4, 0.5) is 21.5 Å². The molecule has 2 aromatic carbocycles. The normalized spacial score (nSPS) is 10.8. The Hall–Kier alpha value is -2.04. The minimum Gasteiger partial charge on any atom is -0.398 e. The minimum atomic E-state index is -0.519. The van der Waals surface area contributed by atoms with E-state index in [-0.39, 0.29) is 5.69 Å². The van der Waals surface area contributed by atoms with Crippen LogP contribution in [0.5, 0.6) is 0 Å². The van der Waals surface area contributed by atoms with Crippen LogP contribution in [0, 0.1) is 5.82 Å². The summed E-state index contributed by atoms with van der Waals surface area (Å²) in [5.74, 6) is -0.519. The molecule has 3 aromatic rings. The van der Waals surface area contributed by atoms with E-state index < -0.39 is 5.82 Å². The Morgan fingerprint density at radius 1 is 1.05 bits per heavy atom. The topological polar surface area (TPSA) is 50.9 Å². The van der Waals surface area contributed by atoms with Crippen LogP contribution in [0.1, 0.15) is 0 Å². The molecule has 21 heavy (non-hydrogen) atoms. The molecule has 0 fully saturated rings. The molecule has 3 rings (SSSR count). The van der Waals surface area contributed by atoms with Gasteiger partial charge >= 0.3 is 0 Å². The quantitative estimate of drug-likeness (QED) is 0.652. The molecule has 106 valence electrons. The van der Waals surface area contributed by atoms with E-state index in [4.69, 9.17) is 28.9 Å². The van der Waals surface area contributed by atoms with Gasteiger partial charge in [-0.05, 0) is 30.3 Å². The van der Waals surface area contributed by atoms with Crippen LogP contribution in [0.2, 0.25) is 10.0 Å². The number of aromatic nitrogens is 1. The van der Waals surface area contributed by atoms with E-state index in [1.165, 1.54) is 6.07 Å². The lowest BCUT2D eigenvalue weighted by Crippen LogP contribution is -2.00. The molecule has 0 aliphatic carbocycles. The Labute approximate surface area is 130 Å². The third-order valence-electron chi connectivity index (χ3n) is 3.09. The Morgan fingerprint density at radius 2 is 1.76 bits per heavy atom. The van der Waals surface area contributed by atoms with Crippen molar-refractivity contribution in [2.75, 3.05) is 11.1 Å². The van der Waals surface area contributed by atoms with Crippen LogP contribution in [-0.4, -0.2) is 4.98 Å². The number of rotatable bonds is 2. The largest absolute Gasteiger partial charge is 0.398 e. The molecule has 0 amide bonds. The highest BCUT2D eigenvalue weighted by Gasteiger charge is 2.14. The van der Waals surface area contributed by atoms with E-state index in [1.807, 2.05) is 0 Å². The highest BCUT2D eigenvalue weighted by atomic mass is 35.5. The number of benzene rings is 2. The molecule has 3 nitrogen and oxygen atoms in total. The van der Waals surface area contributed by atoms with Gasteiger partial charge in [0, 0.05) is 17.3 Å². The van der Waals surface area contributed by atoms with Gasteiger partial charge in [0.2, 0.25) is 0 Å². The fourth-order valence-electron chi connectivity index (χ4n) is 2.10. The van der Waals surface area contributed by atoms with Gasteiger partial charge in [-0.15, -0.1) is 0 Å². The maximum absolute atomic E-state index is 14.3. The van der Waals surface area contributed by atoms with Crippen LogP contribution < -0.4 is 11.1 Å². The van der Waals surface area contributed by atoms with Gasteiger partial charge in [0.25, 0.3) is 0 Å². The smallest absolute Gasteiger partial charge is 0.150 e. The van der Waals surface area contributed by atoms with Crippen molar-refractivity contribution in [1.29, 1.82) is 0 Å². The van der Waals surface area contributed by atoms with E-state index in [1.54, 1.807) is 36.5 Å². The molecule has 0 aliphatic rings. The van der Waals surface area contributed by atoms with Gasteiger partial charge in [-0.1, -0.05) is 29.3 Å². The van der Waals surface area contributed by atoms with Gasteiger partial charge in [0.05, 0.1) is 21.2 Å². The second-order valence-electron chi connectivity index (χ2n) is 4.44. The maximum atomic E-state index is 14.3. The summed E-state index contributed by atoms with van der Waals surface area (Å²) in [7, 11) is 0. The molecule has 0 bridgehead atoms. The van der Waals surface area contributed by atoms with Crippen LogP contribution in [-0.2, 0) is 0 Å². The number of halogens is 3. The summed E-state index contributed by atoms with van der Waals surface area (Å²) in [5.41, 5.74) is 7.18. The first-order chi connectivity index (χ1) is 10.1. The lowest BCUT2D eigenvalue weighted by Gasteiger charge is -2.14. The van der Waals surface area contributed by atoms with E-state index in [2.05, 4.69) is 10.3 Å². The maximum Gasteiger partial charge on any atom is 0.150 e.